The van der Waals surface area contributed by atoms with Gasteiger partial charge in [0.25, 0.3) is 5.91 Å². The third-order valence-electron chi connectivity index (χ3n) is 6.91. The highest BCUT2D eigenvalue weighted by Gasteiger charge is 2.37. The Hall–Kier alpha value is -2.48. The van der Waals surface area contributed by atoms with Gasteiger partial charge in [0.2, 0.25) is 0 Å². The average Bonchev–Trinajstić information content (AvgIpc) is 2.99. The maximum atomic E-state index is 13.3. The van der Waals surface area contributed by atoms with Crippen LogP contribution in [0, 0.1) is 0 Å². The first-order chi connectivity index (χ1) is 15.8. The molecule has 2 unspecified atom stereocenters. The molecule has 1 fully saturated rings. The van der Waals surface area contributed by atoms with Crippen molar-refractivity contribution >= 4 is 32.6 Å². The summed E-state index contributed by atoms with van der Waals surface area (Å²) in [6.45, 7) is 3.46. The molecule has 1 aromatic heterocycles. The lowest BCUT2D eigenvalue weighted by Crippen LogP contribution is -2.48. The first-order valence-corrected chi connectivity index (χ1v) is 13.7. The second-order valence-corrected chi connectivity index (χ2v) is 11.4. The molecule has 4 rings (SSSR count). The van der Waals surface area contributed by atoms with Gasteiger partial charge in [0, 0.05) is 23.2 Å². The molecule has 178 valence electrons. The van der Waals surface area contributed by atoms with Gasteiger partial charge >= 0.3 is 5.97 Å². The number of aryl methyl sites for hydroxylation is 1. The molecule has 7 nitrogen and oxygen atoms in total. The first kappa shape index (κ1) is 23.7. The zero-order valence-electron chi connectivity index (χ0n) is 19.4. The van der Waals surface area contributed by atoms with Gasteiger partial charge < -0.3 is 9.64 Å². The minimum Gasteiger partial charge on any atom is -0.452 e. The van der Waals surface area contributed by atoms with Crippen LogP contribution in [0.4, 0.5) is 0 Å². The molecule has 0 N–H and O–H groups in total. The number of amides is 1. The number of sulfone groups is 1. The van der Waals surface area contributed by atoms with Crippen LogP contribution in [-0.2, 0) is 32.2 Å². The number of rotatable bonds is 6. The van der Waals surface area contributed by atoms with Gasteiger partial charge in [-0.05, 0) is 57.1 Å². The van der Waals surface area contributed by atoms with Gasteiger partial charge in [0.05, 0.1) is 22.6 Å². The van der Waals surface area contributed by atoms with E-state index in [1.807, 2.05) is 38.1 Å². The van der Waals surface area contributed by atoms with Crippen molar-refractivity contribution in [2.24, 2.45) is 0 Å². The molecule has 0 bridgehead atoms. The molecule has 8 heteroatoms. The maximum absolute atomic E-state index is 13.3. The van der Waals surface area contributed by atoms with Crippen molar-refractivity contribution in [2.75, 3.05) is 18.1 Å². The summed E-state index contributed by atoms with van der Waals surface area (Å²) in [6, 6.07) is 7.05. The van der Waals surface area contributed by atoms with Crippen molar-refractivity contribution in [1.82, 2.24) is 9.88 Å². The minimum atomic E-state index is -3.14. The van der Waals surface area contributed by atoms with Gasteiger partial charge in [-0.2, -0.15) is 0 Å². The number of aromatic nitrogens is 1. The molecule has 2 atom stereocenters. The van der Waals surface area contributed by atoms with Crippen LogP contribution in [0.25, 0.3) is 10.9 Å². The van der Waals surface area contributed by atoms with Crippen molar-refractivity contribution in [3.8, 4) is 0 Å². The van der Waals surface area contributed by atoms with Crippen molar-refractivity contribution < 1.29 is 22.7 Å². The van der Waals surface area contributed by atoms with Crippen LogP contribution in [0.5, 0.6) is 0 Å². The standard InChI is InChI=1S/C25H32N2O5S/c1-3-17(2)27(18-13-14-33(30,31)16-18)23(28)15-32-25(29)24-19-9-5-4-6-11-21(19)26-22-12-8-7-10-20(22)24/h7-8,10,12,17-18H,3-6,9,11,13-16H2,1-2H3. The monoisotopic (exact) mass is 472 g/mol. The van der Waals surface area contributed by atoms with E-state index in [9.17, 15) is 18.0 Å². The quantitative estimate of drug-likeness (QED) is 0.472. The van der Waals surface area contributed by atoms with Crippen LogP contribution < -0.4 is 0 Å². The predicted octanol–water partition coefficient (Wildman–Crippen LogP) is 3.47. The number of pyridine rings is 1. The van der Waals surface area contributed by atoms with E-state index in [0.717, 1.165) is 54.3 Å². The Morgan fingerprint density at radius 3 is 2.67 bits per heavy atom. The highest BCUT2D eigenvalue weighted by atomic mass is 32.2. The van der Waals surface area contributed by atoms with Gasteiger partial charge in [0.15, 0.2) is 16.4 Å². The van der Waals surface area contributed by atoms with Gasteiger partial charge in [0.1, 0.15) is 0 Å². The van der Waals surface area contributed by atoms with Gasteiger partial charge in [-0.25, -0.2) is 13.2 Å². The highest BCUT2D eigenvalue weighted by Crippen LogP contribution is 2.29. The Morgan fingerprint density at radius 1 is 1.18 bits per heavy atom. The lowest BCUT2D eigenvalue weighted by molar-refractivity contribution is -0.138. The van der Waals surface area contributed by atoms with E-state index in [1.54, 1.807) is 4.90 Å². The topological polar surface area (TPSA) is 93.6 Å². The van der Waals surface area contributed by atoms with Crippen molar-refractivity contribution in [1.29, 1.82) is 0 Å². The van der Waals surface area contributed by atoms with Crippen LogP contribution in [0.3, 0.4) is 0 Å². The number of hydrogen-bond acceptors (Lipinski definition) is 6. The van der Waals surface area contributed by atoms with Crippen LogP contribution in [0.2, 0.25) is 0 Å². The van der Waals surface area contributed by atoms with Crippen molar-refractivity contribution in [2.45, 2.75) is 70.9 Å². The van der Waals surface area contributed by atoms with Gasteiger partial charge in [-0.15, -0.1) is 0 Å². The van der Waals surface area contributed by atoms with E-state index in [2.05, 4.69) is 0 Å². The Labute approximate surface area is 195 Å². The van der Waals surface area contributed by atoms with E-state index in [4.69, 9.17) is 9.72 Å². The highest BCUT2D eigenvalue weighted by molar-refractivity contribution is 7.91. The zero-order valence-corrected chi connectivity index (χ0v) is 20.2. The number of benzene rings is 1. The van der Waals surface area contributed by atoms with E-state index in [-0.39, 0.29) is 29.5 Å². The van der Waals surface area contributed by atoms with Crippen molar-refractivity contribution in [3.05, 3.63) is 41.1 Å². The summed E-state index contributed by atoms with van der Waals surface area (Å²) in [5, 5.41) is 0.747. The molecular formula is C25H32N2O5S. The molecule has 0 radical (unpaired) electrons. The lowest BCUT2D eigenvalue weighted by atomic mass is 9.97. The molecule has 33 heavy (non-hydrogen) atoms. The lowest BCUT2D eigenvalue weighted by Gasteiger charge is -2.33. The molecule has 1 amide bonds. The molecule has 0 spiro atoms. The molecular weight excluding hydrogens is 440 g/mol. The summed E-state index contributed by atoms with van der Waals surface area (Å²) in [5.41, 5.74) is 3.16. The number of hydrogen-bond donors (Lipinski definition) is 0. The SMILES string of the molecule is CCC(C)N(C(=O)COC(=O)c1c2c(nc3ccccc13)CCCCC2)C1CCS(=O)(=O)C1. The Balaban J connectivity index is 1.58. The van der Waals surface area contributed by atoms with Crippen LogP contribution >= 0.6 is 0 Å². The van der Waals surface area contributed by atoms with Crippen molar-refractivity contribution in [3.63, 3.8) is 0 Å². The molecule has 1 aliphatic heterocycles. The van der Waals surface area contributed by atoms with Crippen LogP contribution in [0.15, 0.2) is 24.3 Å². The second-order valence-electron chi connectivity index (χ2n) is 9.18. The number of ether oxygens (including phenoxy) is 1. The zero-order chi connectivity index (χ0) is 23.6. The Morgan fingerprint density at radius 2 is 1.94 bits per heavy atom. The largest absolute Gasteiger partial charge is 0.452 e. The fourth-order valence-corrected chi connectivity index (χ4v) is 6.77. The number of carbonyl (C=O) groups is 2. The Kier molecular flexibility index (Phi) is 7.02. The van der Waals surface area contributed by atoms with Crippen LogP contribution in [0.1, 0.15) is 67.6 Å². The fourth-order valence-electron chi connectivity index (χ4n) is 5.06. The van der Waals surface area contributed by atoms with E-state index in [0.29, 0.717) is 18.4 Å². The molecule has 2 aliphatic rings. The molecule has 2 heterocycles. The smallest absolute Gasteiger partial charge is 0.339 e. The number of esters is 1. The third-order valence-corrected chi connectivity index (χ3v) is 8.66. The summed E-state index contributed by atoms with van der Waals surface area (Å²) >= 11 is 0. The molecule has 1 aliphatic carbocycles. The summed E-state index contributed by atoms with van der Waals surface area (Å²) < 4.78 is 29.6. The summed E-state index contributed by atoms with van der Waals surface area (Å²) in [5.74, 6) is -0.792. The minimum absolute atomic E-state index is 0.0282. The number of nitrogens with zero attached hydrogens (tertiary/aromatic N) is 2. The molecule has 0 saturated carbocycles. The van der Waals surface area contributed by atoms with Gasteiger partial charge in [-0.3, -0.25) is 9.78 Å². The molecule has 1 saturated heterocycles. The van der Waals surface area contributed by atoms with E-state index >= 15 is 0 Å². The third kappa shape index (κ3) is 5.05. The first-order valence-electron chi connectivity index (χ1n) is 11.9. The normalized spacial score (nSPS) is 20.6. The number of fused-ring (bicyclic) bond motifs is 2. The fraction of sp³-hybridized carbons (Fsp3) is 0.560. The summed E-state index contributed by atoms with van der Waals surface area (Å²) in [6.07, 6.45) is 5.84. The average molecular weight is 473 g/mol. The van der Waals surface area contributed by atoms with Gasteiger partial charge in [-0.1, -0.05) is 31.5 Å². The maximum Gasteiger partial charge on any atom is 0.339 e. The Bertz CT molecular complexity index is 1160. The number of para-hydroxylation sites is 1. The molecule has 1 aromatic carbocycles. The predicted molar refractivity (Wildman–Crippen MR) is 127 cm³/mol. The van der Waals surface area contributed by atoms with Crippen LogP contribution in [-0.4, -0.2) is 60.4 Å². The number of carbonyl (C=O) groups excluding carboxylic acids is 2. The van der Waals surface area contributed by atoms with E-state index in [1.165, 1.54) is 0 Å². The molecule has 2 aromatic rings. The second kappa shape index (κ2) is 9.79. The van der Waals surface area contributed by atoms with E-state index < -0.39 is 22.4 Å². The summed E-state index contributed by atoms with van der Waals surface area (Å²) in [4.78, 5) is 32.9. The summed E-state index contributed by atoms with van der Waals surface area (Å²) in [7, 11) is -3.14.